The van der Waals surface area contributed by atoms with Crippen LogP contribution in [-0.4, -0.2) is 11.9 Å². The number of nitrogens with one attached hydrogen (secondary N) is 1. The van der Waals surface area contributed by atoms with Crippen molar-refractivity contribution in [1.29, 1.82) is 0 Å². The van der Waals surface area contributed by atoms with Gasteiger partial charge in [0, 0.05) is 23.0 Å². The quantitative estimate of drug-likeness (QED) is 0.926. The van der Waals surface area contributed by atoms with Crippen molar-refractivity contribution in [3.8, 4) is 0 Å². The van der Waals surface area contributed by atoms with Crippen LogP contribution in [0.3, 0.4) is 0 Å². The van der Waals surface area contributed by atoms with E-state index in [4.69, 9.17) is 0 Å². The van der Waals surface area contributed by atoms with Gasteiger partial charge in [0.1, 0.15) is 5.82 Å². The highest BCUT2D eigenvalue weighted by Gasteiger charge is 2.54. The van der Waals surface area contributed by atoms with Crippen LogP contribution in [-0.2, 0) is 9.59 Å². The molecular weight excluding hydrogens is 273 g/mol. The third-order valence-corrected chi connectivity index (χ3v) is 5.11. The normalized spacial score (nSPS) is 27.3. The molecule has 5 heteroatoms. The van der Waals surface area contributed by atoms with E-state index < -0.39 is 22.7 Å². The van der Waals surface area contributed by atoms with Gasteiger partial charge in [0.25, 0.3) is 0 Å². The average molecular weight is 292 g/mol. The predicted molar refractivity (Wildman–Crippen MR) is 74.6 cm³/mol. The van der Waals surface area contributed by atoms with Crippen LogP contribution in [0, 0.1) is 22.6 Å². The molecule has 0 spiro atoms. The lowest BCUT2D eigenvalue weighted by Crippen LogP contribution is -2.49. The number of carboxylic acid groups (broad SMARTS) is 1. The van der Waals surface area contributed by atoms with Crippen LogP contribution >= 0.6 is 0 Å². The number of anilines is 1. The Morgan fingerprint density at radius 1 is 1.24 bits per heavy atom. The number of amides is 1. The van der Waals surface area contributed by atoms with Gasteiger partial charge in [0.2, 0.25) is 5.91 Å². The van der Waals surface area contributed by atoms with E-state index >= 15 is 0 Å². The van der Waals surface area contributed by atoms with Gasteiger partial charge < -0.3 is 15.2 Å². The number of halogens is 1. The third-order valence-electron chi connectivity index (χ3n) is 5.11. The fourth-order valence-corrected chi connectivity index (χ4v) is 3.09. The second-order valence-corrected chi connectivity index (χ2v) is 6.43. The highest BCUT2D eigenvalue weighted by molar-refractivity contribution is 5.94. The first kappa shape index (κ1) is 15.5. The van der Waals surface area contributed by atoms with E-state index in [9.17, 15) is 19.1 Å². The number of hydrogen-bond donors (Lipinski definition) is 1. The first-order valence-electron chi connectivity index (χ1n) is 6.96. The summed E-state index contributed by atoms with van der Waals surface area (Å²) in [5.41, 5.74) is -1.24. The maximum atomic E-state index is 12.9. The van der Waals surface area contributed by atoms with Crippen LogP contribution in [0.5, 0.6) is 0 Å². The molecule has 0 aliphatic heterocycles. The molecule has 1 fully saturated rings. The molecule has 0 bridgehead atoms. The Bertz CT molecular complexity index is 567. The molecule has 0 radical (unpaired) electrons. The lowest BCUT2D eigenvalue weighted by atomic mass is 9.65. The molecule has 1 N–H and O–H groups in total. The van der Waals surface area contributed by atoms with Gasteiger partial charge in [-0.05, 0) is 42.5 Å². The number of carbonyl (C=O) groups excluding carboxylic acids is 2. The second-order valence-electron chi connectivity index (χ2n) is 6.43. The molecule has 0 aromatic heterocycles. The molecule has 4 nitrogen and oxygen atoms in total. The fourth-order valence-electron chi connectivity index (χ4n) is 3.09. The first-order chi connectivity index (χ1) is 9.68. The van der Waals surface area contributed by atoms with Crippen LogP contribution in [0.2, 0.25) is 0 Å². The Kier molecular flexibility index (Phi) is 3.78. The SMILES string of the molecule is CC1(C)[C@H](C(=O)Nc2ccc(F)cc2)CC[C@]1(C)C(=O)[O-]. The van der Waals surface area contributed by atoms with Gasteiger partial charge in [0.05, 0.1) is 0 Å². The molecule has 1 aromatic carbocycles. The minimum absolute atomic E-state index is 0.239. The van der Waals surface area contributed by atoms with Crippen molar-refractivity contribution in [2.45, 2.75) is 33.6 Å². The highest BCUT2D eigenvalue weighted by Crippen LogP contribution is 2.55. The molecule has 1 aliphatic rings. The minimum Gasteiger partial charge on any atom is -0.550 e. The van der Waals surface area contributed by atoms with E-state index in [0.717, 1.165) is 0 Å². The zero-order valence-electron chi connectivity index (χ0n) is 12.4. The average Bonchev–Trinajstić information content (AvgIpc) is 2.64. The monoisotopic (exact) mass is 292 g/mol. The third kappa shape index (κ3) is 2.52. The van der Waals surface area contributed by atoms with Crippen molar-refractivity contribution in [2.24, 2.45) is 16.7 Å². The van der Waals surface area contributed by atoms with Gasteiger partial charge in [-0.1, -0.05) is 20.8 Å². The van der Waals surface area contributed by atoms with Gasteiger partial charge in [-0.25, -0.2) is 4.39 Å². The van der Waals surface area contributed by atoms with Gasteiger partial charge in [-0.3, -0.25) is 4.79 Å². The number of carboxylic acids is 1. The minimum atomic E-state index is -1.12. The molecule has 2 atom stereocenters. The Labute approximate surface area is 123 Å². The lowest BCUT2D eigenvalue weighted by molar-refractivity contribution is -0.323. The van der Waals surface area contributed by atoms with Crippen molar-refractivity contribution in [3.63, 3.8) is 0 Å². The molecule has 2 rings (SSSR count). The Morgan fingerprint density at radius 2 is 1.81 bits per heavy atom. The van der Waals surface area contributed by atoms with Crippen molar-refractivity contribution in [2.75, 3.05) is 5.32 Å². The van der Waals surface area contributed by atoms with Gasteiger partial charge in [-0.15, -0.1) is 0 Å². The lowest BCUT2D eigenvalue weighted by Gasteiger charge is -2.41. The molecular formula is C16H19FNO3-. The van der Waals surface area contributed by atoms with Crippen LogP contribution in [0.15, 0.2) is 24.3 Å². The summed E-state index contributed by atoms with van der Waals surface area (Å²) in [5, 5.41) is 14.1. The van der Waals surface area contributed by atoms with Crippen molar-refractivity contribution >= 4 is 17.6 Å². The summed E-state index contributed by atoms with van der Waals surface area (Å²) in [6.45, 7) is 5.20. The summed E-state index contributed by atoms with van der Waals surface area (Å²) in [5.74, 6) is -2.16. The van der Waals surface area contributed by atoms with E-state index in [1.807, 2.05) is 0 Å². The van der Waals surface area contributed by atoms with E-state index in [0.29, 0.717) is 18.5 Å². The number of rotatable bonds is 3. The van der Waals surface area contributed by atoms with E-state index in [1.54, 1.807) is 20.8 Å². The Balaban J connectivity index is 2.17. The van der Waals surface area contributed by atoms with Gasteiger partial charge in [0.15, 0.2) is 0 Å². The second kappa shape index (κ2) is 5.13. The maximum Gasteiger partial charge on any atom is 0.228 e. The summed E-state index contributed by atoms with van der Waals surface area (Å²) in [6, 6.07) is 5.49. The molecule has 1 saturated carbocycles. The van der Waals surface area contributed by atoms with E-state index in [2.05, 4.69) is 5.32 Å². The molecule has 0 heterocycles. The summed E-state index contributed by atoms with van der Waals surface area (Å²) >= 11 is 0. The molecule has 0 unspecified atom stereocenters. The Morgan fingerprint density at radius 3 is 2.29 bits per heavy atom. The zero-order valence-corrected chi connectivity index (χ0v) is 12.4. The van der Waals surface area contributed by atoms with E-state index in [1.165, 1.54) is 24.3 Å². The molecule has 114 valence electrons. The van der Waals surface area contributed by atoms with Crippen LogP contribution in [0.25, 0.3) is 0 Å². The summed E-state index contributed by atoms with van der Waals surface area (Å²) in [6.07, 6.45) is 0.897. The van der Waals surface area contributed by atoms with Crippen LogP contribution < -0.4 is 10.4 Å². The zero-order chi connectivity index (χ0) is 15.8. The van der Waals surface area contributed by atoms with Crippen molar-refractivity contribution < 1.29 is 19.1 Å². The fraction of sp³-hybridized carbons (Fsp3) is 0.500. The highest BCUT2D eigenvalue weighted by atomic mass is 19.1. The number of carbonyl (C=O) groups is 2. The van der Waals surface area contributed by atoms with E-state index in [-0.39, 0.29) is 11.7 Å². The maximum absolute atomic E-state index is 12.9. The predicted octanol–water partition coefficient (Wildman–Crippen LogP) is 1.96. The van der Waals surface area contributed by atoms with Gasteiger partial charge in [-0.2, -0.15) is 0 Å². The number of aliphatic carboxylic acids is 1. The summed E-state index contributed by atoms with van der Waals surface area (Å²) < 4.78 is 12.9. The molecule has 21 heavy (non-hydrogen) atoms. The smallest absolute Gasteiger partial charge is 0.228 e. The molecule has 1 aromatic rings. The van der Waals surface area contributed by atoms with Crippen LogP contribution in [0.1, 0.15) is 33.6 Å². The number of hydrogen-bond acceptors (Lipinski definition) is 3. The first-order valence-corrected chi connectivity index (χ1v) is 6.96. The van der Waals surface area contributed by atoms with Gasteiger partial charge >= 0.3 is 0 Å². The summed E-state index contributed by atoms with van der Waals surface area (Å²) in [7, 11) is 0. The Hall–Kier alpha value is -1.91. The topological polar surface area (TPSA) is 69.2 Å². The largest absolute Gasteiger partial charge is 0.550 e. The molecule has 1 aliphatic carbocycles. The molecule has 1 amide bonds. The molecule has 0 saturated heterocycles. The van der Waals surface area contributed by atoms with Crippen molar-refractivity contribution in [3.05, 3.63) is 30.1 Å². The number of benzene rings is 1. The standard InChI is InChI=1S/C16H20FNO3/c1-15(2)12(8-9-16(15,3)14(20)21)13(19)18-11-6-4-10(17)5-7-11/h4-7,12H,8-9H2,1-3H3,(H,18,19)(H,20,21)/p-1/t12-,16+/m0/s1. The summed E-state index contributed by atoms with van der Waals surface area (Å²) in [4.78, 5) is 23.8. The van der Waals surface area contributed by atoms with Crippen molar-refractivity contribution in [1.82, 2.24) is 0 Å². The van der Waals surface area contributed by atoms with Crippen LogP contribution in [0.4, 0.5) is 10.1 Å².